The summed E-state index contributed by atoms with van der Waals surface area (Å²) >= 11 is 5.92. The Bertz CT molecular complexity index is 331. The van der Waals surface area contributed by atoms with Crippen molar-refractivity contribution in [2.45, 2.75) is 19.8 Å². The second-order valence-electron chi connectivity index (χ2n) is 3.87. The molecule has 1 aromatic rings. The van der Waals surface area contributed by atoms with Gasteiger partial charge < -0.3 is 16.2 Å². The van der Waals surface area contributed by atoms with E-state index in [4.69, 9.17) is 22.4 Å². The van der Waals surface area contributed by atoms with Crippen molar-refractivity contribution in [1.29, 1.82) is 0 Å². The highest BCUT2D eigenvalue weighted by atomic mass is 35.5. The maximum Gasteiger partial charge on any atom is 0.0739 e. The van der Waals surface area contributed by atoms with E-state index in [0.29, 0.717) is 16.6 Å². The Kier molecular flexibility index (Phi) is 5.43. The van der Waals surface area contributed by atoms with Gasteiger partial charge in [0.2, 0.25) is 0 Å². The number of hydrogen-bond donors (Lipinski definition) is 3. The highest BCUT2D eigenvalue weighted by Crippen LogP contribution is 2.27. The van der Waals surface area contributed by atoms with Crippen LogP contribution in [0.15, 0.2) is 18.2 Å². The number of halogens is 1. The molecule has 0 saturated heterocycles. The molecule has 0 fully saturated rings. The largest absolute Gasteiger partial charge is 0.396 e. The number of nitrogens with two attached hydrogens (primary N) is 1. The number of anilines is 2. The lowest BCUT2D eigenvalue weighted by molar-refractivity contribution is 0.258. The summed E-state index contributed by atoms with van der Waals surface area (Å²) in [6.07, 6.45) is 1.85. The van der Waals surface area contributed by atoms with E-state index in [1.165, 1.54) is 0 Å². The molecule has 1 rings (SSSR count). The van der Waals surface area contributed by atoms with Crippen molar-refractivity contribution in [3.05, 3.63) is 23.2 Å². The van der Waals surface area contributed by atoms with Gasteiger partial charge >= 0.3 is 0 Å². The third-order valence-electron chi connectivity index (χ3n) is 2.75. The van der Waals surface area contributed by atoms with Crippen LogP contribution in [-0.4, -0.2) is 18.3 Å². The van der Waals surface area contributed by atoms with Gasteiger partial charge in [0.25, 0.3) is 0 Å². The molecule has 0 saturated carbocycles. The van der Waals surface area contributed by atoms with Gasteiger partial charge in [-0.2, -0.15) is 0 Å². The minimum Gasteiger partial charge on any atom is -0.396 e. The van der Waals surface area contributed by atoms with Crippen molar-refractivity contribution in [2.75, 3.05) is 24.2 Å². The first-order valence-electron chi connectivity index (χ1n) is 5.57. The summed E-state index contributed by atoms with van der Waals surface area (Å²) in [7, 11) is 0. The highest BCUT2D eigenvalue weighted by molar-refractivity contribution is 6.33. The molecule has 0 aromatic heterocycles. The van der Waals surface area contributed by atoms with Crippen molar-refractivity contribution < 1.29 is 5.11 Å². The summed E-state index contributed by atoms with van der Waals surface area (Å²) in [5.74, 6) is 0.461. The van der Waals surface area contributed by atoms with Gasteiger partial charge in [-0.3, -0.25) is 0 Å². The number of hydrogen-bond acceptors (Lipinski definition) is 3. The molecule has 0 aliphatic heterocycles. The van der Waals surface area contributed by atoms with Crippen LogP contribution in [0.5, 0.6) is 0 Å². The second kappa shape index (κ2) is 6.61. The van der Waals surface area contributed by atoms with Crippen LogP contribution in [0.4, 0.5) is 11.4 Å². The second-order valence-corrected chi connectivity index (χ2v) is 4.28. The SMILES string of the molecule is CCC(CCO)CNc1cccc(Cl)c1N. The fourth-order valence-corrected chi connectivity index (χ4v) is 1.75. The predicted molar refractivity (Wildman–Crippen MR) is 69.8 cm³/mol. The Labute approximate surface area is 102 Å². The van der Waals surface area contributed by atoms with Gasteiger partial charge in [0.1, 0.15) is 0 Å². The van der Waals surface area contributed by atoms with E-state index in [9.17, 15) is 0 Å². The lowest BCUT2D eigenvalue weighted by Crippen LogP contribution is -2.15. The van der Waals surface area contributed by atoms with Crippen molar-refractivity contribution in [3.63, 3.8) is 0 Å². The van der Waals surface area contributed by atoms with Crippen LogP contribution < -0.4 is 11.1 Å². The van der Waals surface area contributed by atoms with Gasteiger partial charge in [0, 0.05) is 13.2 Å². The van der Waals surface area contributed by atoms with Crippen molar-refractivity contribution in [3.8, 4) is 0 Å². The maximum atomic E-state index is 8.89. The Morgan fingerprint density at radius 2 is 2.25 bits per heavy atom. The quantitative estimate of drug-likeness (QED) is 0.673. The summed E-state index contributed by atoms with van der Waals surface area (Å²) < 4.78 is 0. The molecule has 0 heterocycles. The average molecular weight is 243 g/mol. The van der Waals surface area contributed by atoms with E-state index in [-0.39, 0.29) is 6.61 Å². The molecule has 0 radical (unpaired) electrons. The monoisotopic (exact) mass is 242 g/mol. The average Bonchev–Trinajstić information content (AvgIpc) is 2.29. The first-order chi connectivity index (χ1) is 7.69. The van der Waals surface area contributed by atoms with Crippen molar-refractivity contribution >= 4 is 23.0 Å². The fraction of sp³-hybridized carbons (Fsp3) is 0.500. The molecule has 3 nitrogen and oxygen atoms in total. The Hall–Kier alpha value is -0.930. The topological polar surface area (TPSA) is 58.3 Å². The molecule has 0 aliphatic carbocycles. The van der Waals surface area contributed by atoms with Crippen LogP contribution in [-0.2, 0) is 0 Å². The number of benzene rings is 1. The number of para-hydroxylation sites is 1. The van der Waals surface area contributed by atoms with Crippen LogP contribution >= 0.6 is 11.6 Å². The molecule has 1 aromatic carbocycles. The van der Waals surface area contributed by atoms with Crippen LogP contribution in [0.25, 0.3) is 0 Å². The van der Waals surface area contributed by atoms with Crippen LogP contribution in [0.2, 0.25) is 5.02 Å². The Morgan fingerprint density at radius 3 is 2.88 bits per heavy atom. The molecule has 0 amide bonds. The minimum absolute atomic E-state index is 0.227. The third-order valence-corrected chi connectivity index (χ3v) is 3.08. The zero-order valence-electron chi connectivity index (χ0n) is 9.54. The zero-order chi connectivity index (χ0) is 12.0. The molecule has 0 aliphatic rings. The molecule has 1 unspecified atom stereocenters. The standard InChI is InChI=1S/C12H19ClN2O/c1-2-9(6-7-16)8-15-11-5-3-4-10(13)12(11)14/h3-5,9,15-16H,2,6-8,14H2,1H3. The van der Waals surface area contributed by atoms with Crippen LogP contribution in [0.1, 0.15) is 19.8 Å². The van der Waals surface area contributed by atoms with Crippen LogP contribution in [0.3, 0.4) is 0 Å². The summed E-state index contributed by atoms with van der Waals surface area (Å²) in [6, 6.07) is 5.55. The predicted octanol–water partition coefficient (Wildman–Crippen LogP) is 2.74. The Balaban J connectivity index is 2.56. The molecule has 0 spiro atoms. The molecular formula is C12H19ClN2O. The third kappa shape index (κ3) is 3.58. The first-order valence-corrected chi connectivity index (χ1v) is 5.95. The van der Waals surface area contributed by atoms with E-state index in [2.05, 4.69) is 12.2 Å². The molecule has 0 bridgehead atoms. The van der Waals surface area contributed by atoms with Crippen molar-refractivity contribution in [1.82, 2.24) is 0 Å². The Morgan fingerprint density at radius 1 is 1.50 bits per heavy atom. The summed E-state index contributed by atoms with van der Waals surface area (Å²) in [5.41, 5.74) is 7.29. The normalized spacial score (nSPS) is 12.4. The van der Waals surface area contributed by atoms with Gasteiger partial charge in [0.15, 0.2) is 0 Å². The number of aliphatic hydroxyl groups is 1. The number of aliphatic hydroxyl groups excluding tert-OH is 1. The highest BCUT2D eigenvalue weighted by Gasteiger charge is 2.07. The molecule has 1 atom stereocenters. The molecule has 4 heteroatoms. The lowest BCUT2D eigenvalue weighted by atomic mass is 10.0. The summed E-state index contributed by atoms with van der Waals surface area (Å²) in [5, 5.41) is 12.7. The van der Waals surface area contributed by atoms with E-state index < -0.39 is 0 Å². The van der Waals surface area contributed by atoms with Gasteiger partial charge in [-0.05, 0) is 24.5 Å². The van der Waals surface area contributed by atoms with E-state index in [0.717, 1.165) is 25.1 Å². The molecule has 16 heavy (non-hydrogen) atoms. The number of nitrogen functional groups attached to an aromatic ring is 1. The molecule has 4 N–H and O–H groups in total. The number of nitrogens with one attached hydrogen (secondary N) is 1. The summed E-state index contributed by atoms with van der Waals surface area (Å²) in [6.45, 7) is 3.15. The zero-order valence-corrected chi connectivity index (χ0v) is 10.3. The number of rotatable bonds is 6. The minimum atomic E-state index is 0.227. The first kappa shape index (κ1) is 13.1. The molecular weight excluding hydrogens is 224 g/mol. The van der Waals surface area contributed by atoms with Crippen molar-refractivity contribution in [2.24, 2.45) is 5.92 Å². The van der Waals surface area contributed by atoms with Gasteiger partial charge in [-0.1, -0.05) is 31.0 Å². The maximum absolute atomic E-state index is 8.89. The fourth-order valence-electron chi connectivity index (χ4n) is 1.58. The summed E-state index contributed by atoms with van der Waals surface area (Å²) in [4.78, 5) is 0. The van der Waals surface area contributed by atoms with Crippen LogP contribution in [0, 0.1) is 5.92 Å². The van der Waals surface area contributed by atoms with E-state index >= 15 is 0 Å². The van der Waals surface area contributed by atoms with E-state index in [1.54, 1.807) is 6.07 Å². The molecule has 90 valence electrons. The van der Waals surface area contributed by atoms with Gasteiger partial charge in [0.05, 0.1) is 16.4 Å². The smallest absolute Gasteiger partial charge is 0.0739 e. The van der Waals surface area contributed by atoms with Gasteiger partial charge in [-0.15, -0.1) is 0 Å². The van der Waals surface area contributed by atoms with Gasteiger partial charge in [-0.25, -0.2) is 0 Å². The lowest BCUT2D eigenvalue weighted by Gasteiger charge is -2.16. The van der Waals surface area contributed by atoms with E-state index in [1.807, 2.05) is 12.1 Å².